The van der Waals surface area contributed by atoms with E-state index in [1.165, 1.54) is 11.6 Å². The molecule has 1 atom stereocenters. The Morgan fingerprint density at radius 2 is 1.92 bits per heavy atom. The molecule has 9 nitrogen and oxygen atoms in total. The SMILES string of the molecule is CCNC(=O)Nc1ccc(-c2nc3c(c(N4CCOC[C@@H]4C)n2)CN(C2CCN(C(C)(C)C)CC2)C3)cc1F. The first-order chi connectivity index (χ1) is 18.6. The standard InChI is InChI=1S/C29H42FN7O2/c1-6-31-28(38)33-24-8-7-20(15-23(24)30)26-32-25-17-35(21-9-11-36(12-10-21)29(3,4)5)16-22(25)27(34-26)37-13-14-39-18-19(37)2/h7-8,15,19,21H,6,9-14,16-18H2,1-5H3,(H2,31,33,38)/t19-/m0/s1. The van der Waals surface area contributed by atoms with Crippen LogP contribution in [-0.2, 0) is 17.8 Å². The second-order valence-electron chi connectivity index (χ2n) is 11.9. The minimum Gasteiger partial charge on any atom is -0.377 e. The summed E-state index contributed by atoms with van der Waals surface area (Å²) in [5.74, 6) is 0.928. The summed E-state index contributed by atoms with van der Waals surface area (Å²) < 4.78 is 20.7. The Labute approximate surface area is 231 Å². The highest BCUT2D eigenvalue weighted by molar-refractivity contribution is 5.89. The summed E-state index contributed by atoms with van der Waals surface area (Å²) in [6.45, 7) is 17.2. The molecule has 3 aliphatic heterocycles. The van der Waals surface area contributed by atoms with E-state index in [0.717, 1.165) is 57.1 Å². The molecule has 0 unspecified atom stereocenters. The number of halogens is 1. The number of fused-ring (bicyclic) bond motifs is 1. The first-order valence-corrected chi connectivity index (χ1v) is 14.2. The third-order valence-electron chi connectivity index (χ3n) is 8.17. The minimum absolute atomic E-state index is 0.126. The average molecular weight is 540 g/mol. The van der Waals surface area contributed by atoms with Crippen molar-refractivity contribution in [3.8, 4) is 11.4 Å². The van der Waals surface area contributed by atoms with Gasteiger partial charge in [0.1, 0.15) is 11.6 Å². The van der Waals surface area contributed by atoms with Crippen LogP contribution in [0.25, 0.3) is 11.4 Å². The predicted molar refractivity (Wildman–Crippen MR) is 151 cm³/mol. The van der Waals surface area contributed by atoms with Crippen LogP contribution in [0.1, 0.15) is 58.7 Å². The molecular weight excluding hydrogens is 497 g/mol. The van der Waals surface area contributed by atoms with Gasteiger partial charge >= 0.3 is 6.03 Å². The molecule has 5 rings (SSSR count). The number of urea groups is 1. The number of benzene rings is 1. The zero-order valence-corrected chi connectivity index (χ0v) is 23.9. The van der Waals surface area contributed by atoms with Gasteiger partial charge in [-0.15, -0.1) is 0 Å². The first-order valence-electron chi connectivity index (χ1n) is 14.2. The van der Waals surface area contributed by atoms with Gasteiger partial charge in [-0.05, 0) is 65.7 Å². The van der Waals surface area contributed by atoms with Gasteiger partial charge in [0, 0.05) is 62.0 Å². The fourth-order valence-electron chi connectivity index (χ4n) is 5.91. The Hall–Kier alpha value is -2.82. The molecule has 2 N–H and O–H groups in total. The summed E-state index contributed by atoms with van der Waals surface area (Å²) >= 11 is 0. The number of rotatable bonds is 5. The maximum absolute atomic E-state index is 15.0. The van der Waals surface area contributed by atoms with Crippen LogP contribution in [0.3, 0.4) is 0 Å². The lowest BCUT2D eigenvalue weighted by atomic mass is 9.97. The van der Waals surface area contributed by atoms with E-state index in [4.69, 9.17) is 14.7 Å². The van der Waals surface area contributed by atoms with E-state index in [-0.39, 0.29) is 17.3 Å². The Kier molecular flexibility index (Phi) is 8.07. The van der Waals surface area contributed by atoms with Crippen LogP contribution < -0.4 is 15.5 Å². The second-order valence-corrected chi connectivity index (χ2v) is 11.9. The quantitative estimate of drug-likeness (QED) is 0.588. The van der Waals surface area contributed by atoms with Crippen LogP contribution in [0.2, 0.25) is 0 Å². The van der Waals surface area contributed by atoms with Crippen LogP contribution in [0.4, 0.5) is 20.7 Å². The molecule has 1 aromatic heterocycles. The molecule has 10 heteroatoms. The van der Waals surface area contributed by atoms with Crippen LogP contribution in [0, 0.1) is 5.82 Å². The van der Waals surface area contributed by atoms with Gasteiger partial charge in [-0.2, -0.15) is 0 Å². The van der Waals surface area contributed by atoms with Crippen LogP contribution in [0.15, 0.2) is 18.2 Å². The molecule has 2 saturated heterocycles. The zero-order chi connectivity index (χ0) is 27.7. The molecule has 0 spiro atoms. The molecule has 0 bridgehead atoms. The molecule has 212 valence electrons. The van der Waals surface area contributed by atoms with Crippen molar-refractivity contribution >= 4 is 17.5 Å². The maximum atomic E-state index is 15.0. The number of aromatic nitrogens is 2. The third kappa shape index (κ3) is 6.02. The Morgan fingerprint density at radius 1 is 1.15 bits per heavy atom. The number of nitrogens with zero attached hydrogens (tertiary/aromatic N) is 5. The van der Waals surface area contributed by atoms with E-state index in [9.17, 15) is 4.79 Å². The summed E-state index contributed by atoms with van der Waals surface area (Å²) in [7, 11) is 0. The van der Waals surface area contributed by atoms with E-state index < -0.39 is 11.8 Å². The van der Waals surface area contributed by atoms with Crippen molar-refractivity contribution in [2.45, 2.75) is 78.2 Å². The number of nitrogens with one attached hydrogen (secondary N) is 2. The van der Waals surface area contributed by atoms with Crippen molar-refractivity contribution in [2.24, 2.45) is 0 Å². The normalized spacial score (nSPS) is 21.2. The lowest BCUT2D eigenvalue weighted by Crippen LogP contribution is -2.50. The number of carbonyl (C=O) groups is 1. The van der Waals surface area contributed by atoms with E-state index in [1.807, 2.05) is 6.92 Å². The van der Waals surface area contributed by atoms with Crippen LogP contribution in [-0.4, -0.2) is 82.8 Å². The number of amides is 2. The van der Waals surface area contributed by atoms with Crippen LogP contribution in [0.5, 0.6) is 0 Å². The summed E-state index contributed by atoms with van der Waals surface area (Å²) in [5.41, 5.74) is 3.12. The molecule has 2 aromatic rings. The van der Waals surface area contributed by atoms with Gasteiger partial charge in [-0.1, -0.05) is 0 Å². The zero-order valence-electron chi connectivity index (χ0n) is 23.9. The number of hydrogen-bond donors (Lipinski definition) is 2. The number of morpholine rings is 1. The highest BCUT2D eigenvalue weighted by Crippen LogP contribution is 2.36. The van der Waals surface area contributed by atoms with Crippen molar-refractivity contribution in [3.63, 3.8) is 0 Å². The predicted octanol–water partition coefficient (Wildman–Crippen LogP) is 4.23. The first kappa shape index (κ1) is 27.7. The van der Waals surface area contributed by atoms with Gasteiger partial charge in [-0.25, -0.2) is 19.2 Å². The summed E-state index contributed by atoms with van der Waals surface area (Å²) in [5, 5.41) is 5.18. The van der Waals surface area contributed by atoms with E-state index in [0.29, 0.717) is 37.2 Å². The molecule has 2 amide bonds. The van der Waals surface area contributed by atoms with Gasteiger partial charge in [0.15, 0.2) is 5.82 Å². The molecule has 1 aromatic carbocycles. The highest BCUT2D eigenvalue weighted by atomic mass is 19.1. The fraction of sp³-hybridized carbons (Fsp3) is 0.621. The topological polar surface area (TPSA) is 85.9 Å². The van der Waals surface area contributed by atoms with Crippen molar-refractivity contribution in [1.82, 2.24) is 25.1 Å². The average Bonchev–Trinajstić information content (AvgIpc) is 3.34. The monoisotopic (exact) mass is 539 g/mol. The third-order valence-corrected chi connectivity index (χ3v) is 8.17. The summed E-state index contributed by atoms with van der Waals surface area (Å²) in [6, 6.07) is 5.01. The second kappa shape index (κ2) is 11.3. The Bertz CT molecular complexity index is 1190. The molecule has 0 saturated carbocycles. The van der Waals surface area contributed by atoms with E-state index in [2.05, 4.69) is 53.0 Å². The number of carbonyl (C=O) groups excluding carboxylic acids is 1. The van der Waals surface area contributed by atoms with Crippen LogP contribution >= 0.6 is 0 Å². The van der Waals surface area contributed by atoms with Crippen molar-refractivity contribution < 1.29 is 13.9 Å². The van der Waals surface area contributed by atoms with Gasteiger partial charge in [0.05, 0.1) is 30.6 Å². The van der Waals surface area contributed by atoms with E-state index >= 15 is 4.39 Å². The lowest BCUT2D eigenvalue weighted by molar-refractivity contribution is 0.0548. The summed E-state index contributed by atoms with van der Waals surface area (Å²) in [4.78, 5) is 29.3. The molecule has 0 radical (unpaired) electrons. The smallest absolute Gasteiger partial charge is 0.319 e. The Morgan fingerprint density at radius 3 is 2.59 bits per heavy atom. The number of anilines is 2. The maximum Gasteiger partial charge on any atom is 0.319 e. The lowest BCUT2D eigenvalue weighted by Gasteiger charge is -2.43. The number of hydrogen-bond acceptors (Lipinski definition) is 7. The molecule has 2 fully saturated rings. The van der Waals surface area contributed by atoms with Crippen molar-refractivity contribution in [3.05, 3.63) is 35.3 Å². The number of piperidine rings is 1. The molecule has 0 aliphatic carbocycles. The van der Waals surface area contributed by atoms with Crippen molar-refractivity contribution in [1.29, 1.82) is 0 Å². The van der Waals surface area contributed by atoms with Gasteiger partial charge in [-0.3, -0.25) is 9.80 Å². The largest absolute Gasteiger partial charge is 0.377 e. The number of ether oxygens (including phenoxy) is 1. The van der Waals surface area contributed by atoms with E-state index in [1.54, 1.807) is 12.1 Å². The minimum atomic E-state index is -0.517. The van der Waals surface area contributed by atoms with Crippen molar-refractivity contribution in [2.75, 3.05) is 49.6 Å². The fourth-order valence-corrected chi connectivity index (χ4v) is 5.91. The number of likely N-dealkylation sites (tertiary alicyclic amines) is 1. The van der Waals surface area contributed by atoms with Gasteiger partial charge in [0.2, 0.25) is 0 Å². The summed E-state index contributed by atoms with van der Waals surface area (Å²) in [6.07, 6.45) is 2.28. The highest BCUT2D eigenvalue weighted by Gasteiger charge is 2.36. The molecule has 3 aliphatic rings. The van der Waals surface area contributed by atoms with Gasteiger partial charge in [0.25, 0.3) is 0 Å². The molecule has 39 heavy (non-hydrogen) atoms. The van der Waals surface area contributed by atoms with Gasteiger partial charge < -0.3 is 20.3 Å². The Balaban J connectivity index is 1.42. The molecule has 4 heterocycles. The molecular formula is C29H42FN7O2.